The molecule has 0 bridgehead atoms. The third kappa shape index (κ3) is 4.17. The standard InChI is InChI=1S/C23H19N3O2S/c1-28-19-14-8-13-18(15-19)21-22(29-26-25-21)23(27)24-20(16-9-4-2-5-10-16)17-11-6-3-7-12-17/h2-15,20H,1H3,(H,24,27). The van der Waals surface area contributed by atoms with Gasteiger partial charge in [0.15, 0.2) is 0 Å². The second-order valence-corrected chi connectivity index (χ2v) is 7.16. The van der Waals surface area contributed by atoms with Crippen LogP contribution < -0.4 is 10.1 Å². The van der Waals surface area contributed by atoms with E-state index in [9.17, 15) is 4.79 Å². The molecule has 4 aromatic rings. The molecular formula is C23H19N3O2S. The van der Waals surface area contributed by atoms with Crippen LogP contribution in [0.1, 0.15) is 26.8 Å². The highest BCUT2D eigenvalue weighted by atomic mass is 32.1. The Bertz CT molecular complexity index is 1060. The van der Waals surface area contributed by atoms with Gasteiger partial charge in [-0.1, -0.05) is 77.3 Å². The summed E-state index contributed by atoms with van der Waals surface area (Å²) in [6.07, 6.45) is 0. The fourth-order valence-corrected chi connectivity index (χ4v) is 3.74. The minimum absolute atomic E-state index is 0.212. The van der Waals surface area contributed by atoms with Crippen LogP contribution in [0.4, 0.5) is 0 Å². The van der Waals surface area contributed by atoms with E-state index < -0.39 is 0 Å². The number of nitrogens with one attached hydrogen (secondary N) is 1. The number of aromatic nitrogens is 2. The van der Waals surface area contributed by atoms with Gasteiger partial charge >= 0.3 is 0 Å². The lowest BCUT2D eigenvalue weighted by molar-refractivity contribution is 0.0947. The fourth-order valence-electron chi connectivity index (χ4n) is 3.15. The number of amides is 1. The lowest BCUT2D eigenvalue weighted by Crippen LogP contribution is -2.29. The summed E-state index contributed by atoms with van der Waals surface area (Å²) >= 11 is 1.08. The average Bonchev–Trinajstić information content (AvgIpc) is 3.29. The normalized spacial score (nSPS) is 10.7. The Kier molecular flexibility index (Phi) is 5.63. The Hall–Kier alpha value is -3.51. The molecule has 0 unspecified atom stereocenters. The molecule has 5 nitrogen and oxygen atoms in total. The van der Waals surface area contributed by atoms with Crippen molar-refractivity contribution < 1.29 is 9.53 Å². The Labute approximate surface area is 173 Å². The van der Waals surface area contributed by atoms with Gasteiger partial charge in [-0.3, -0.25) is 4.79 Å². The molecule has 1 aromatic heterocycles. The number of methoxy groups -OCH3 is 1. The Balaban J connectivity index is 1.67. The third-order valence-corrected chi connectivity index (χ3v) is 5.30. The molecule has 0 saturated heterocycles. The summed E-state index contributed by atoms with van der Waals surface area (Å²) in [5.74, 6) is 0.490. The molecular weight excluding hydrogens is 382 g/mol. The van der Waals surface area contributed by atoms with Crippen molar-refractivity contribution in [2.24, 2.45) is 0 Å². The second kappa shape index (κ2) is 8.67. The van der Waals surface area contributed by atoms with E-state index >= 15 is 0 Å². The highest BCUT2D eigenvalue weighted by molar-refractivity contribution is 7.08. The van der Waals surface area contributed by atoms with Gasteiger partial charge < -0.3 is 10.1 Å². The van der Waals surface area contributed by atoms with Crippen molar-refractivity contribution in [2.45, 2.75) is 6.04 Å². The van der Waals surface area contributed by atoms with E-state index in [0.717, 1.165) is 28.2 Å². The molecule has 0 aliphatic rings. The molecule has 4 rings (SSSR count). The van der Waals surface area contributed by atoms with Crippen LogP contribution in [0.5, 0.6) is 5.75 Å². The molecule has 0 fully saturated rings. The van der Waals surface area contributed by atoms with Gasteiger partial charge in [0, 0.05) is 5.56 Å². The Morgan fingerprint density at radius 1 is 0.931 bits per heavy atom. The van der Waals surface area contributed by atoms with Crippen molar-refractivity contribution in [3.63, 3.8) is 0 Å². The maximum atomic E-state index is 13.2. The molecule has 1 N–H and O–H groups in total. The first kappa shape index (κ1) is 18.8. The molecule has 1 heterocycles. The molecule has 0 atom stereocenters. The summed E-state index contributed by atoms with van der Waals surface area (Å²) in [5, 5.41) is 7.34. The molecule has 0 aliphatic heterocycles. The van der Waals surface area contributed by atoms with Crippen LogP contribution in [0.2, 0.25) is 0 Å². The largest absolute Gasteiger partial charge is 0.497 e. The summed E-state index contributed by atoms with van der Waals surface area (Å²) in [5.41, 5.74) is 3.35. The summed E-state index contributed by atoms with van der Waals surface area (Å²) in [6, 6.07) is 27.0. The van der Waals surface area contributed by atoms with Crippen LogP contribution in [-0.4, -0.2) is 22.6 Å². The zero-order valence-electron chi connectivity index (χ0n) is 15.8. The van der Waals surface area contributed by atoms with Crippen molar-refractivity contribution in [1.29, 1.82) is 0 Å². The number of carbonyl (C=O) groups is 1. The van der Waals surface area contributed by atoms with E-state index in [1.54, 1.807) is 7.11 Å². The molecule has 0 spiro atoms. The molecule has 29 heavy (non-hydrogen) atoms. The molecule has 0 radical (unpaired) electrons. The first-order chi connectivity index (χ1) is 14.3. The monoisotopic (exact) mass is 401 g/mol. The smallest absolute Gasteiger partial charge is 0.266 e. The highest BCUT2D eigenvalue weighted by Gasteiger charge is 2.23. The number of carbonyl (C=O) groups excluding carboxylic acids is 1. The van der Waals surface area contributed by atoms with Gasteiger partial charge in [0.25, 0.3) is 5.91 Å². The van der Waals surface area contributed by atoms with Gasteiger partial charge in [0.2, 0.25) is 0 Å². The van der Waals surface area contributed by atoms with Crippen molar-refractivity contribution in [2.75, 3.05) is 7.11 Å². The molecule has 1 amide bonds. The quantitative estimate of drug-likeness (QED) is 0.507. The van der Waals surface area contributed by atoms with E-state index in [1.807, 2.05) is 84.9 Å². The SMILES string of the molecule is COc1cccc(-c2nnsc2C(=O)NC(c2ccccc2)c2ccccc2)c1. The van der Waals surface area contributed by atoms with E-state index in [1.165, 1.54) is 0 Å². The first-order valence-corrected chi connectivity index (χ1v) is 9.91. The maximum absolute atomic E-state index is 13.2. The van der Waals surface area contributed by atoms with Gasteiger partial charge in [-0.05, 0) is 34.8 Å². The molecule has 0 saturated carbocycles. The number of hydrogen-bond acceptors (Lipinski definition) is 5. The van der Waals surface area contributed by atoms with Gasteiger partial charge in [-0.2, -0.15) is 0 Å². The van der Waals surface area contributed by atoms with E-state index in [0.29, 0.717) is 16.3 Å². The van der Waals surface area contributed by atoms with Crippen LogP contribution in [0.3, 0.4) is 0 Å². The lowest BCUT2D eigenvalue weighted by Gasteiger charge is -2.19. The number of hydrogen-bond donors (Lipinski definition) is 1. The molecule has 3 aromatic carbocycles. The summed E-state index contributed by atoms with van der Waals surface area (Å²) < 4.78 is 9.31. The summed E-state index contributed by atoms with van der Waals surface area (Å²) in [4.78, 5) is 13.7. The van der Waals surface area contributed by atoms with Gasteiger partial charge in [-0.15, -0.1) is 5.10 Å². The molecule has 144 valence electrons. The van der Waals surface area contributed by atoms with Crippen LogP contribution in [0.25, 0.3) is 11.3 Å². The molecule has 0 aliphatic carbocycles. The first-order valence-electron chi connectivity index (χ1n) is 9.14. The third-order valence-electron chi connectivity index (χ3n) is 4.58. The van der Waals surface area contributed by atoms with Crippen molar-refractivity contribution >= 4 is 17.4 Å². The lowest BCUT2D eigenvalue weighted by atomic mass is 9.98. The predicted octanol–water partition coefficient (Wildman–Crippen LogP) is 4.73. The zero-order chi connectivity index (χ0) is 20.1. The van der Waals surface area contributed by atoms with E-state index in [4.69, 9.17) is 4.74 Å². The van der Waals surface area contributed by atoms with Crippen LogP contribution in [0.15, 0.2) is 84.9 Å². The van der Waals surface area contributed by atoms with Gasteiger partial charge in [0.1, 0.15) is 16.3 Å². The minimum Gasteiger partial charge on any atom is -0.497 e. The summed E-state index contributed by atoms with van der Waals surface area (Å²) in [6.45, 7) is 0. The van der Waals surface area contributed by atoms with Crippen molar-refractivity contribution in [1.82, 2.24) is 14.9 Å². The van der Waals surface area contributed by atoms with Crippen molar-refractivity contribution in [3.05, 3.63) is 101 Å². The second-order valence-electron chi connectivity index (χ2n) is 6.41. The van der Waals surface area contributed by atoms with Crippen LogP contribution in [-0.2, 0) is 0 Å². The Morgan fingerprint density at radius 2 is 1.59 bits per heavy atom. The van der Waals surface area contributed by atoms with E-state index in [2.05, 4.69) is 14.9 Å². The average molecular weight is 401 g/mol. The van der Waals surface area contributed by atoms with Crippen LogP contribution >= 0.6 is 11.5 Å². The van der Waals surface area contributed by atoms with Gasteiger partial charge in [-0.25, -0.2) is 0 Å². The van der Waals surface area contributed by atoms with Crippen molar-refractivity contribution in [3.8, 4) is 17.0 Å². The van der Waals surface area contributed by atoms with Crippen LogP contribution in [0, 0.1) is 0 Å². The number of rotatable bonds is 6. The maximum Gasteiger partial charge on any atom is 0.266 e. The summed E-state index contributed by atoms with van der Waals surface area (Å²) in [7, 11) is 1.61. The predicted molar refractivity (Wildman–Crippen MR) is 114 cm³/mol. The fraction of sp³-hybridized carbons (Fsp3) is 0.0870. The zero-order valence-corrected chi connectivity index (χ0v) is 16.6. The number of ether oxygens (including phenoxy) is 1. The highest BCUT2D eigenvalue weighted by Crippen LogP contribution is 2.28. The Morgan fingerprint density at radius 3 is 2.21 bits per heavy atom. The van der Waals surface area contributed by atoms with E-state index in [-0.39, 0.29) is 11.9 Å². The number of nitrogens with zero attached hydrogens (tertiary/aromatic N) is 2. The molecule has 6 heteroatoms. The topological polar surface area (TPSA) is 64.1 Å². The number of benzene rings is 3. The minimum atomic E-state index is -0.273. The van der Waals surface area contributed by atoms with Gasteiger partial charge in [0.05, 0.1) is 13.2 Å².